The number of nitrogens with one attached hydrogen (secondary N) is 1. The van der Waals surface area contributed by atoms with E-state index in [1.807, 2.05) is 49.0 Å². The van der Waals surface area contributed by atoms with Crippen molar-refractivity contribution in [2.45, 2.75) is 38.6 Å². The van der Waals surface area contributed by atoms with Crippen molar-refractivity contribution in [3.63, 3.8) is 0 Å². The molecule has 1 N–H and O–H groups in total. The van der Waals surface area contributed by atoms with Gasteiger partial charge in [0.25, 0.3) is 0 Å². The van der Waals surface area contributed by atoms with E-state index in [9.17, 15) is 4.79 Å². The van der Waals surface area contributed by atoms with Crippen LogP contribution in [0.4, 0.5) is 5.95 Å². The zero-order valence-electron chi connectivity index (χ0n) is 18.0. The number of hydrogen-bond donors (Lipinski definition) is 1. The van der Waals surface area contributed by atoms with Gasteiger partial charge >= 0.3 is 0 Å². The first-order valence-electron chi connectivity index (χ1n) is 10.4. The van der Waals surface area contributed by atoms with Gasteiger partial charge in [-0.2, -0.15) is 5.10 Å². The minimum absolute atomic E-state index is 0.0272. The molecular weight excluding hydrogens is 376 g/mol. The molecule has 0 radical (unpaired) electrons. The Morgan fingerprint density at radius 3 is 2.73 bits per heavy atom. The number of likely N-dealkylation sites (tertiary alicyclic amines) is 1. The van der Waals surface area contributed by atoms with E-state index in [2.05, 4.69) is 39.2 Å². The maximum absolute atomic E-state index is 13.4. The number of aromatic nitrogens is 4. The standard InChI is InChI=1S/C23H28N6O/c1-15-7-9-17(10-8-15)16(2)22(30)29-13-5-6-20(29)21-18(14-25-27-21)19-11-12-24-23(26-19)28(3)4/h7-12,14,16,20H,5-6,13H2,1-4H3,(H,25,27)/t16-,20-/m0/s1. The number of amides is 1. The molecule has 0 spiro atoms. The van der Waals surface area contributed by atoms with Gasteiger partial charge in [0.1, 0.15) is 0 Å². The molecule has 2 aromatic heterocycles. The van der Waals surface area contributed by atoms with Crippen molar-refractivity contribution in [3.8, 4) is 11.3 Å². The number of rotatable bonds is 5. The molecule has 2 atom stereocenters. The smallest absolute Gasteiger partial charge is 0.230 e. The fourth-order valence-electron chi connectivity index (χ4n) is 4.05. The number of carbonyl (C=O) groups is 1. The molecule has 0 aliphatic carbocycles. The second-order valence-corrected chi connectivity index (χ2v) is 8.16. The molecule has 0 saturated carbocycles. The third-order valence-electron chi connectivity index (χ3n) is 5.80. The minimum atomic E-state index is -0.183. The number of hydrogen-bond acceptors (Lipinski definition) is 5. The highest BCUT2D eigenvalue weighted by atomic mass is 16.2. The van der Waals surface area contributed by atoms with Crippen molar-refractivity contribution in [2.75, 3.05) is 25.5 Å². The Morgan fingerprint density at radius 2 is 2.00 bits per heavy atom. The zero-order chi connectivity index (χ0) is 21.3. The van der Waals surface area contributed by atoms with Crippen LogP contribution in [0.25, 0.3) is 11.3 Å². The van der Waals surface area contributed by atoms with Gasteiger partial charge in [0.2, 0.25) is 11.9 Å². The van der Waals surface area contributed by atoms with Crippen LogP contribution in [0.5, 0.6) is 0 Å². The highest BCUT2D eigenvalue weighted by Crippen LogP contribution is 2.37. The zero-order valence-corrected chi connectivity index (χ0v) is 18.0. The molecular formula is C23H28N6O. The van der Waals surface area contributed by atoms with Crippen molar-refractivity contribution < 1.29 is 4.79 Å². The van der Waals surface area contributed by atoms with Crippen LogP contribution in [-0.2, 0) is 4.79 Å². The lowest BCUT2D eigenvalue weighted by Gasteiger charge is -2.28. The number of carbonyl (C=O) groups excluding carboxylic acids is 1. The molecule has 1 aliphatic heterocycles. The van der Waals surface area contributed by atoms with Gasteiger partial charge in [0.15, 0.2) is 0 Å². The summed E-state index contributed by atoms with van der Waals surface area (Å²) in [4.78, 5) is 26.2. The number of H-pyrrole nitrogens is 1. The number of anilines is 1. The third-order valence-corrected chi connectivity index (χ3v) is 5.80. The Balaban J connectivity index is 1.62. The number of nitrogens with zero attached hydrogens (tertiary/aromatic N) is 5. The molecule has 7 nitrogen and oxygen atoms in total. The van der Waals surface area contributed by atoms with Crippen LogP contribution in [0.15, 0.2) is 42.7 Å². The summed E-state index contributed by atoms with van der Waals surface area (Å²) >= 11 is 0. The van der Waals surface area contributed by atoms with Crippen molar-refractivity contribution in [2.24, 2.45) is 0 Å². The molecule has 156 valence electrons. The molecule has 1 aliphatic rings. The topological polar surface area (TPSA) is 78.0 Å². The summed E-state index contributed by atoms with van der Waals surface area (Å²) in [5.74, 6) is 0.613. The monoisotopic (exact) mass is 404 g/mol. The van der Waals surface area contributed by atoms with Gasteiger partial charge in [0.05, 0.1) is 29.5 Å². The number of benzene rings is 1. The summed E-state index contributed by atoms with van der Waals surface area (Å²) in [5, 5.41) is 7.44. The molecule has 7 heteroatoms. The van der Waals surface area contributed by atoms with E-state index < -0.39 is 0 Å². The summed E-state index contributed by atoms with van der Waals surface area (Å²) in [6, 6.07) is 10.1. The average molecular weight is 405 g/mol. The van der Waals surface area contributed by atoms with Gasteiger partial charge in [-0.05, 0) is 38.3 Å². The molecule has 0 bridgehead atoms. The Bertz CT molecular complexity index is 1030. The van der Waals surface area contributed by atoms with E-state index in [0.29, 0.717) is 5.95 Å². The van der Waals surface area contributed by atoms with Crippen molar-refractivity contribution in [1.82, 2.24) is 25.1 Å². The van der Waals surface area contributed by atoms with Gasteiger partial charge in [0, 0.05) is 32.4 Å². The predicted molar refractivity (Wildman–Crippen MR) is 117 cm³/mol. The summed E-state index contributed by atoms with van der Waals surface area (Å²) in [7, 11) is 3.83. The second kappa shape index (κ2) is 8.26. The molecule has 1 amide bonds. The van der Waals surface area contributed by atoms with Gasteiger partial charge in [-0.25, -0.2) is 9.97 Å². The largest absolute Gasteiger partial charge is 0.347 e. The lowest BCUT2D eigenvalue weighted by molar-refractivity contribution is -0.133. The molecule has 4 rings (SSSR count). The van der Waals surface area contributed by atoms with Crippen LogP contribution in [0.1, 0.15) is 48.5 Å². The van der Waals surface area contributed by atoms with Crippen LogP contribution < -0.4 is 4.90 Å². The van der Waals surface area contributed by atoms with E-state index in [-0.39, 0.29) is 17.9 Å². The van der Waals surface area contributed by atoms with Gasteiger partial charge in [-0.15, -0.1) is 0 Å². The van der Waals surface area contributed by atoms with Crippen LogP contribution in [0.3, 0.4) is 0 Å². The van der Waals surface area contributed by atoms with Gasteiger partial charge in [-0.1, -0.05) is 29.8 Å². The van der Waals surface area contributed by atoms with E-state index in [1.54, 1.807) is 12.4 Å². The number of aryl methyl sites for hydroxylation is 1. The Morgan fingerprint density at radius 1 is 1.23 bits per heavy atom. The normalized spacial score (nSPS) is 17.2. The molecule has 3 aromatic rings. The third kappa shape index (κ3) is 3.79. The van der Waals surface area contributed by atoms with Crippen LogP contribution >= 0.6 is 0 Å². The van der Waals surface area contributed by atoms with Gasteiger partial charge in [-0.3, -0.25) is 9.89 Å². The summed E-state index contributed by atoms with van der Waals surface area (Å²) < 4.78 is 0. The van der Waals surface area contributed by atoms with Crippen LogP contribution in [-0.4, -0.2) is 51.6 Å². The highest BCUT2D eigenvalue weighted by molar-refractivity contribution is 5.84. The van der Waals surface area contributed by atoms with Crippen LogP contribution in [0.2, 0.25) is 0 Å². The second-order valence-electron chi connectivity index (χ2n) is 8.16. The van der Waals surface area contributed by atoms with Crippen molar-refractivity contribution >= 4 is 11.9 Å². The first-order valence-corrected chi connectivity index (χ1v) is 10.4. The molecule has 3 heterocycles. The van der Waals surface area contributed by atoms with Crippen LogP contribution in [0, 0.1) is 6.92 Å². The maximum atomic E-state index is 13.4. The van der Waals surface area contributed by atoms with E-state index in [4.69, 9.17) is 0 Å². The highest BCUT2D eigenvalue weighted by Gasteiger charge is 2.35. The fourth-order valence-corrected chi connectivity index (χ4v) is 4.05. The van der Waals surface area contributed by atoms with Gasteiger partial charge < -0.3 is 9.80 Å². The quantitative estimate of drug-likeness (QED) is 0.701. The fraction of sp³-hybridized carbons (Fsp3) is 0.391. The maximum Gasteiger partial charge on any atom is 0.230 e. The van der Waals surface area contributed by atoms with Crippen molar-refractivity contribution in [3.05, 3.63) is 59.5 Å². The number of aromatic amines is 1. The molecule has 30 heavy (non-hydrogen) atoms. The molecule has 1 saturated heterocycles. The van der Waals surface area contributed by atoms with Crippen molar-refractivity contribution in [1.29, 1.82) is 0 Å². The Hall–Kier alpha value is -3.22. The average Bonchev–Trinajstić information content (AvgIpc) is 3.42. The SMILES string of the molecule is Cc1ccc([C@H](C)C(=O)N2CCC[C@H]2c2[nH]ncc2-c2ccnc(N(C)C)n2)cc1. The Labute approximate surface area is 177 Å². The Kier molecular flexibility index (Phi) is 5.53. The molecule has 0 unspecified atom stereocenters. The van der Waals surface area contributed by atoms with E-state index >= 15 is 0 Å². The minimum Gasteiger partial charge on any atom is -0.347 e. The lowest BCUT2D eigenvalue weighted by Crippen LogP contribution is -2.34. The van der Waals surface area contributed by atoms with E-state index in [1.165, 1.54) is 5.56 Å². The first-order chi connectivity index (χ1) is 14.5. The lowest BCUT2D eigenvalue weighted by atomic mass is 9.97. The summed E-state index contributed by atoms with van der Waals surface area (Å²) in [6.45, 7) is 4.80. The molecule has 1 aromatic carbocycles. The molecule has 1 fully saturated rings. The summed E-state index contributed by atoms with van der Waals surface area (Å²) in [6.07, 6.45) is 5.43. The van der Waals surface area contributed by atoms with E-state index in [0.717, 1.165) is 41.9 Å². The summed E-state index contributed by atoms with van der Waals surface area (Å²) in [5.41, 5.74) is 4.92. The first kappa shape index (κ1) is 20.1. The predicted octanol–water partition coefficient (Wildman–Crippen LogP) is 3.71.